The number of methoxy groups -OCH3 is 1. The van der Waals surface area contributed by atoms with Crippen LogP contribution in [-0.2, 0) is 4.79 Å². The largest absolute Gasteiger partial charge is 0.493 e. The molecule has 34 heavy (non-hydrogen) atoms. The SMILES string of the molecule is COc1cc(C=NNC(=O)COc2ccc(Br)cc2C#N)ccc1OC(=O)c1cccc(F)c1. The van der Waals surface area contributed by atoms with Crippen molar-refractivity contribution < 1.29 is 28.2 Å². The molecule has 0 saturated carbocycles. The van der Waals surface area contributed by atoms with Gasteiger partial charge < -0.3 is 14.2 Å². The van der Waals surface area contributed by atoms with E-state index in [0.717, 1.165) is 10.5 Å². The Morgan fingerprint density at radius 1 is 1.12 bits per heavy atom. The number of halogens is 2. The summed E-state index contributed by atoms with van der Waals surface area (Å²) in [6, 6.07) is 16.6. The van der Waals surface area contributed by atoms with Gasteiger partial charge in [0.15, 0.2) is 18.1 Å². The molecule has 0 fully saturated rings. The molecule has 1 amide bonds. The third-order valence-corrected chi connectivity index (χ3v) is 4.77. The maximum atomic E-state index is 13.3. The summed E-state index contributed by atoms with van der Waals surface area (Å²) < 4.78 is 29.9. The first-order valence-corrected chi connectivity index (χ1v) is 10.5. The smallest absolute Gasteiger partial charge is 0.343 e. The Bertz CT molecular complexity index is 1290. The normalized spacial score (nSPS) is 10.4. The lowest BCUT2D eigenvalue weighted by Crippen LogP contribution is -2.24. The second kappa shape index (κ2) is 11.6. The number of nitriles is 1. The minimum absolute atomic E-state index is 0.0580. The number of carbonyl (C=O) groups is 2. The van der Waals surface area contributed by atoms with Gasteiger partial charge in [0.25, 0.3) is 5.91 Å². The molecule has 3 rings (SSSR count). The van der Waals surface area contributed by atoms with Gasteiger partial charge in [0.2, 0.25) is 0 Å². The van der Waals surface area contributed by atoms with Crippen LogP contribution in [0.4, 0.5) is 4.39 Å². The maximum Gasteiger partial charge on any atom is 0.343 e. The Labute approximate surface area is 202 Å². The average molecular weight is 526 g/mol. The Morgan fingerprint density at radius 2 is 1.91 bits per heavy atom. The fourth-order valence-corrected chi connectivity index (χ4v) is 3.05. The lowest BCUT2D eigenvalue weighted by atomic mass is 10.2. The molecule has 0 unspecified atom stereocenters. The summed E-state index contributed by atoms with van der Waals surface area (Å²) in [7, 11) is 1.40. The number of ether oxygens (including phenoxy) is 3. The quantitative estimate of drug-likeness (QED) is 0.204. The molecule has 0 aliphatic heterocycles. The molecular weight excluding hydrogens is 509 g/mol. The molecule has 3 aromatic carbocycles. The first-order chi connectivity index (χ1) is 16.4. The number of rotatable bonds is 8. The maximum absolute atomic E-state index is 13.3. The minimum atomic E-state index is -0.739. The summed E-state index contributed by atoms with van der Waals surface area (Å²) in [6.45, 7) is -0.341. The van der Waals surface area contributed by atoms with E-state index in [9.17, 15) is 14.0 Å². The van der Waals surface area contributed by atoms with Gasteiger partial charge in [-0.3, -0.25) is 4.79 Å². The van der Waals surface area contributed by atoms with Crippen LogP contribution in [0.2, 0.25) is 0 Å². The third kappa shape index (κ3) is 6.63. The molecule has 0 saturated heterocycles. The zero-order valence-electron chi connectivity index (χ0n) is 17.7. The van der Waals surface area contributed by atoms with E-state index in [1.54, 1.807) is 30.3 Å². The first kappa shape index (κ1) is 24.4. The predicted molar refractivity (Wildman–Crippen MR) is 124 cm³/mol. The molecule has 0 aliphatic rings. The van der Waals surface area contributed by atoms with Gasteiger partial charge >= 0.3 is 5.97 Å². The van der Waals surface area contributed by atoms with E-state index in [2.05, 4.69) is 26.5 Å². The Kier molecular flexibility index (Phi) is 8.32. The van der Waals surface area contributed by atoms with Gasteiger partial charge in [-0.1, -0.05) is 22.0 Å². The van der Waals surface area contributed by atoms with Crippen LogP contribution in [0.15, 0.2) is 70.2 Å². The number of hydrogen-bond donors (Lipinski definition) is 1. The van der Waals surface area contributed by atoms with Crippen LogP contribution in [0.5, 0.6) is 17.2 Å². The van der Waals surface area contributed by atoms with Crippen molar-refractivity contribution in [2.45, 2.75) is 0 Å². The summed E-state index contributed by atoms with van der Waals surface area (Å²) in [6.07, 6.45) is 1.36. The van der Waals surface area contributed by atoms with E-state index in [0.29, 0.717) is 5.56 Å². The van der Waals surface area contributed by atoms with Gasteiger partial charge in [-0.25, -0.2) is 14.6 Å². The lowest BCUT2D eigenvalue weighted by Gasteiger charge is -2.10. The zero-order valence-corrected chi connectivity index (χ0v) is 19.3. The Morgan fingerprint density at radius 3 is 2.65 bits per heavy atom. The van der Waals surface area contributed by atoms with Gasteiger partial charge in [-0.2, -0.15) is 10.4 Å². The highest BCUT2D eigenvalue weighted by Gasteiger charge is 2.13. The van der Waals surface area contributed by atoms with E-state index >= 15 is 0 Å². The second-order valence-electron chi connectivity index (χ2n) is 6.64. The Hall–Kier alpha value is -4.23. The molecule has 3 aromatic rings. The number of amides is 1. The van der Waals surface area contributed by atoms with E-state index in [4.69, 9.17) is 19.5 Å². The van der Waals surface area contributed by atoms with Crippen LogP contribution < -0.4 is 19.6 Å². The minimum Gasteiger partial charge on any atom is -0.493 e. The monoisotopic (exact) mass is 525 g/mol. The van der Waals surface area contributed by atoms with Gasteiger partial charge in [0.05, 0.1) is 24.5 Å². The number of hydrogen-bond acceptors (Lipinski definition) is 7. The summed E-state index contributed by atoms with van der Waals surface area (Å²) in [5, 5.41) is 13.0. The van der Waals surface area contributed by atoms with Crippen molar-refractivity contribution in [2.24, 2.45) is 5.10 Å². The van der Waals surface area contributed by atoms with Crippen molar-refractivity contribution in [3.8, 4) is 23.3 Å². The van der Waals surface area contributed by atoms with Crippen molar-refractivity contribution in [1.29, 1.82) is 5.26 Å². The van der Waals surface area contributed by atoms with E-state index in [1.807, 2.05) is 6.07 Å². The summed E-state index contributed by atoms with van der Waals surface area (Å²) in [5.74, 6) is -1.18. The number of benzene rings is 3. The van der Waals surface area contributed by atoms with E-state index in [-0.39, 0.29) is 35.0 Å². The van der Waals surface area contributed by atoms with Crippen molar-refractivity contribution >= 4 is 34.0 Å². The molecule has 0 radical (unpaired) electrons. The van der Waals surface area contributed by atoms with Gasteiger partial charge in [-0.15, -0.1) is 0 Å². The molecule has 0 aliphatic carbocycles. The number of hydrazone groups is 1. The van der Waals surface area contributed by atoms with Crippen molar-refractivity contribution in [2.75, 3.05) is 13.7 Å². The van der Waals surface area contributed by atoms with Gasteiger partial charge in [-0.05, 0) is 60.2 Å². The highest BCUT2D eigenvalue weighted by atomic mass is 79.9. The van der Waals surface area contributed by atoms with Gasteiger partial charge in [0, 0.05) is 4.47 Å². The highest BCUT2D eigenvalue weighted by molar-refractivity contribution is 9.10. The lowest BCUT2D eigenvalue weighted by molar-refractivity contribution is -0.123. The molecule has 0 atom stereocenters. The fourth-order valence-electron chi connectivity index (χ4n) is 2.69. The molecule has 1 N–H and O–H groups in total. The summed E-state index contributed by atoms with van der Waals surface area (Å²) in [5.41, 5.74) is 3.20. The van der Waals surface area contributed by atoms with Crippen molar-refractivity contribution in [3.05, 3.63) is 87.6 Å². The topological polar surface area (TPSA) is 110 Å². The van der Waals surface area contributed by atoms with Crippen LogP contribution in [0.25, 0.3) is 0 Å². The van der Waals surface area contributed by atoms with E-state index < -0.39 is 17.7 Å². The van der Waals surface area contributed by atoms with Crippen LogP contribution in [0, 0.1) is 17.1 Å². The fraction of sp³-hybridized carbons (Fsp3) is 0.0833. The van der Waals surface area contributed by atoms with Crippen molar-refractivity contribution in [1.82, 2.24) is 5.43 Å². The average Bonchev–Trinajstić information content (AvgIpc) is 2.83. The predicted octanol–water partition coefficient (Wildman–Crippen LogP) is 4.22. The van der Waals surface area contributed by atoms with E-state index in [1.165, 1.54) is 37.6 Å². The molecule has 0 bridgehead atoms. The molecule has 0 spiro atoms. The van der Waals surface area contributed by atoms with Crippen LogP contribution >= 0.6 is 15.9 Å². The molecule has 8 nitrogen and oxygen atoms in total. The number of carbonyl (C=O) groups excluding carboxylic acids is 2. The molecule has 172 valence electrons. The molecule has 0 heterocycles. The standard InChI is InChI=1S/C24H17BrFN3O5/c1-32-22-9-15(5-7-21(22)34-24(31)16-3-2-4-19(26)11-16)13-28-29-23(30)14-33-20-8-6-18(25)10-17(20)12-27/h2-11,13H,14H2,1H3,(H,29,30). The highest BCUT2D eigenvalue weighted by Crippen LogP contribution is 2.28. The van der Waals surface area contributed by atoms with Crippen LogP contribution in [0.1, 0.15) is 21.5 Å². The molecule has 0 aromatic heterocycles. The number of esters is 1. The first-order valence-electron chi connectivity index (χ1n) is 9.69. The van der Waals surface area contributed by atoms with Crippen molar-refractivity contribution in [3.63, 3.8) is 0 Å². The van der Waals surface area contributed by atoms with Gasteiger partial charge in [0.1, 0.15) is 17.6 Å². The number of nitrogens with one attached hydrogen (secondary N) is 1. The van der Waals surface area contributed by atoms with Crippen LogP contribution in [-0.4, -0.2) is 31.8 Å². The Balaban J connectivity index is 1.58. The third-order valence-electron chi connectivity index (χ3n) is 4.27. The summed E-state index contributed by atoms with van der Waals surface area (Å²) >= 11 is 3.26. The molecule has 10 heteroatoms. The molecular formula is C24H17BrFN3O5. The zero-order chi connectivity index (χ0) is 24.5. The van der Waals surface area contributed by atoms with Crippen LogP contribution in [0.3, 0.4) is 0 Å². The second-order valence-corrected chi connectivity index (χ2v) is 7.56. The number of nitrogens with zero attached hydrogens (tertiary/aromatic N) is 2. The summed E-state index contributed by atoms with van der Waals surface area (Å²) in [4.78, 5) is 24.2.